The Morgan fingerprint density at radius 2 is 2.25 bits per heavy atom. The molecule has 7 heteroatoms. The van der Waals surface area contributed by atoms with Gasteiger partial charge in [-0.3, -0.25) is 0 Å². The molecular weight excluding hydrogens is 364 g/mol. The fourth-order valence-corrected chi connectivity index (χ4v) is 2.93. The lowest BCUT2D eigenvalue weighted by atomic mass is 10.3. The Balaban J connectivity index is 1.70. The van der Waals surface area contributed by atoms with Crippen LogP contribution >= 0.6 is 38.9 Å². The standard InChI is InChI=1S/C13H8BrClN2O2S/c14-8-3-4-10(9(15)6-8)18-7-12-16-13(17-19-12)11-2-1-5-20-11/h1-6H,7H2. The number of benzene rings is 1. The van der Waals surface area contributed by atoms with E-state index in [1.807, 2.05) is 23.6 Å². The highest BCUT2D eigenvalue weighted by molar-refractivity contribution is 9.10. The number of thiophene rings is 1. The van der Waals surface area contributed by atoms with Crippen LogP contribution in [0.2, 0.25) is 5.02 Å². The summed E-state index contributed by atoms with van der Waals surface area (Å²) < 4.78 is 11.6. The Kier molecular flexibility index (Phi) is 4.05. The summed E-state index contributed by atoms with van der Waals surface area (Å²) in [7, 11) is 0. The molecule has 0 amide bonds. The van der Waals surface area contributed by atoms with Crippen LogP contribution < -0.4 is 4.74 Å². The molecule has 0 fully saturated rings. The van der Waals surface area contributed by atoms with Crippen LogP contribution in [0.25, 0.3) is 10.7 Å². The molecule has 2 aromatic heterocycles. The van der Waals surface area contributed by atoms with Gasteiger partial charge in [-0.15, -0.1) is 11.3 Å². The van der Waals surface area contributed by atoms with Crippen LogP contribution in [0, 0.1) is 0 Å². The maximum atomic E-state index is 6.06. The Morgan fingerprint density at radius 1 is 1.35 bits per heavy atom. The molecule has 0 saturated carbocycles. The van der Waals surface area contributed by atoms with Gasteiger partial charge in [-0.25, -0.2) is 0 Å². The van der Waals surface area contributed by atoms with Crippen molar-refractivity contribution in [3.8, 4) is 16.5 Å². The average Bonchev–Trinajstić information content (AvgIpc) is 3.08. The van der Waals surface area contributed by atoms with Gasteiger partial charge in [-0.05, 0) is 29.6 Å². The van der Waals surface area contributed by atoms with Crippen molar-refractivity contribution in [1.29, 1.82) is 0 Å². The SMILES string of the molecule is Clc1cc(Br)ccc1OCc1nc(-c2cccs2)no1. The monoisotopic (exact) mass is 370 g/mol. The van der Waals surface area contributed by atoms with Gasteiger partial charge in [0, 0.05) is 4.47 Å². The summed E-state index contributed by atoms with van der Waals surface area (Å²) in [6.45, 7) is 0.180. The minimum Gasteiger partial charge on any atom is -0.482 e. The van der Waals surface area contributed by atoms with Crippen molar-refractivity contribution in [2.24, 2.45) is 0 Å². The molecular formula is C13H8BrClN2O2S. The van der Waals surface area contributed by atoms with E-state index in [1.165, 1.54) is 0 Å². The van der Waals surface area contributed by atoms with Crippen LogP contribution in [0.3, 0.4) is 0 Å². The molecule has 0 aliphatic heterocycles. The Hall–Kier alpha value is -1.37. The highest BCUT2D eigenvalue weighted by Crippen LogP contribution is 2.28. The third-order valence-electron chi connectivity index (χ3n) is 2.45. The topological polar surface area (TPSA) is 48.2 Å². The molecule has 0 spiro atoms. The van der Waals surface area contributed by atoms with E-state index >= 15 is 0 Å². The number of rotatable bonds is 4. The smallest absolute Gasteiger partial charge is 0.264 e. The number of hydrogen-bond acceptors (Lipinski definition) is 5. The lowest BCUT2D eigenvalue weighted by Crippen LogP contribution is -1.96. The van der Waals surface area contributed by atoms with Gasteiger partial charge < -0.3 is 9.26 Å². The fraction of sp³-hybridized carbons (Fsp3) is 0.0769. The van der Waals surface area contributed by atoms with Gasteiger partial charge in [0.15, 0.2) is 6.61 Å². The van der Waals surface area contributed by atoms with Crippen LogP contribution in [0.4, 0.5) is 0 Å². The molecule has 0 unspecified atom stereocenters. The van der Waals surface area contributed by atoms with Crippen molar-refractivity contribution in [3.05, 3.63) is 51.1 Å². The molecule has 2 heterocycles. The molecule has 0 aliphatic rings. The first-order valence-corrected chi connectivity index (χ1v) is 7.72. The second kappa shape index (κ2) is 5.95. The molecule has 102 valence electrons. The maximum absolute atomic E-state index is 6.06. The maximum Gasteiger partial charge on any atom is 0.264 e. The highest BCUT2D eigenvalue weighted by atomic mass is 79.9. The molecule has 0 bridgehead atoms. The van der Waals surface area contributed by atoms with Crippen LogP contribution in [-0.4, -0.2) is 10.1 Å². The minimum atomic E-state index is 0.180. The summed E-state index contributed by atoms with van der Waals surface area (Å²) in [4.78, 5) is 5.23. The molecule has 3 aromatic rings. The largest absolute Gasteiger partial charge is 0.482 e. The zero-order valence-corrected chi connectivity index (χ0v) is 13.2. The molecule has 1 aromatic carbocycles. The van der Waals surface area contributed by atoms with E-state index in [1.54, 1.807) is 23.5 Å². The van der Waals surface area contributed by atoms with Gasteiger partial charge in [-0.1, -0.05) is 38.8 Å². The van der Waals surface area contributed by atoms with E-state index in [2.05, 4.69) is 26.1 Å². The summed E-state index contributed by atoms with van der Waals surface area (Å²) in [5.41, 5.74) is 0. The van der Waals surface area contributed by atoms with Crippen LogP contribution in [-0.2, 0) is 6.61 Å². The lowest BCUT2D eigenvalue weighted by Gasteiger charge is -2.05. The number of hydrogen-bond donors (Lipinski definition) is 0. The Bertz CT molecular complexity index is 715. The van der Waals surface area contributed by atoms with Crippen molar-refractivity contribution in [1.82, 2.24) is 10.1 Å². The number of aromatic nitrogens is 2. The predicted molar refractivity (Wildman–Crippen MR) is 81.1 cm³/mol. The van der Waals surface area contributed by atoms with E-state index in [9.17, 15) is 0 Å². The molecule has 0 radical (unpaired) electrons. The van der Waals surface area contributed by atoms with Crippen LogP contribution in [0.5, 0.6) is 5.75 Å². The van der Waals surface area contributed by atoms with Crippen molar-refractivity contribution < 1.29 is 9.26 Å². The fourth-order valence-electron chi connectivity index (χ4n) is 1.55. The summed E-state index contributed by atoms with van der Waals surface area (Å²) in [6, 6.07) is 9.27. The second-order valence-electron chi connectivity index (χ2n) is 3.85. The van der Waals surface area contributed by atoms with Crippen LogP contribution in [0.15, 0.2) is 44.7 Å². The van der Waals surface area contributed by atoms with Crippen molar-refractivity contribution in [3.63, 3.8) is 0 Å². The second-order valence-corrected chi connectivity index (χ2v) is 6.12. The molecule has 0 aliphatic carbocycles. The predicted octanol–water partition coefficient (Wildman–Crippen LogP) is 4.79. The van der Waals surface area contributed by atoms with Gasteiger partial charge in [0.05, 0.1) is 9.90 Å². The minimum absolute atomic E-state index is 0.180. The Morgan fingerprint density at radius 3 is 3.00 bits per heavy atom. The summed E-state index contributed by atoms with van der Waals surface area (Å²) in [5, 5.41) is 6.40. The first kappa shape index (κ1) is 13.6. The van der Waals surface area contributed by atoms with E-state index in [-0.39, 0.29) is 6.61 Å². The third-order valence-corrected chi connectivity index (χ3v) is 4.11. The number of halogens is 2. The summed E-state index contributed by atoms with van der Waals surface area (Å²) in [6.07, 6.45) is 0. The van der Waals surface area contributed by atoms with Gasteiger partial charge in [0.1, 0.15) is 5.75 Å². The van der Waals surface area contributed by atoms with E-state index in [0.717, 1.165) is 9.35 Å². The molecule has 0 N–H and O–H groups in total. The van der Waals surface area contributed by atoms with Crippen molar-refractivity contribution in [2.75, 3.05) is 0 Å². The summed E-state index contributed by atoms with van der Waals surface area (Å²) in [5.74, 6) is 1.55. The van der Waals surface area contributed by atoms with E-state index < -0.39 is 0 Å². The number of ether oxygens (including phenoxy) is 1. The van der Waals surface area contributed by atoms with E-state index in [4.69, 9.17) is 20.9 Å². The highest BCUT2D eigenvalue weighted by Gasteiger charge is 2.10. The summed E-state index contributed by atoms with van der Waals surface area (Å²) >= 11 is 11.0. The van der Waals surface area contributed by atoms with Gasteiger partial charge >= 0.3 is 0 Å². The van der Waals surface area contributed by atoms with Gasteiger partial charge in [-0.2, -0.15) is 4.98 Å². The molecule has 3 rings (SSSR count). The first-order chi connectivity index (χ1) is 9.72. The average molecular weight is 372 g/mol. The van der Waals surface area contributed by atoms with Crippen molar-refractivity contribution >= 4 is 38.9 Å². The zero-order chi connectivity index (χ0) is 13.9. The first-order valence-electron chi connectivity index (χ1n) is 5.67. The Labute approximate surface area is 132 Å². The molecule has 4 nitrogen and oxygen atoms in total. The van der Waals surface area contributed by atoms with E-state index in [0.29, 0.717) is 22.5 Å². The van der Waals surface area contributed by atoms with Gasteiger partial charge in [0.2, 0.25) is 5.82 Å². The normalized spacial score (nSPS) is 10.7. The lowest BCUT2D eigenvalue weighted by molar-refractivity contribution is 0.243. The zero-order valence-electron chi connectivity index (χ0n) is 10.0. The number of nitrogens with zero attached hydrogens (tertiary/aromatic N) is 2. The molecule has 20 heavy (non-hydrogen) atoms. The van der Waals surface area contributed by atoms with Crippen molar-refractivity contribution in [2.45, 2.75) is 6.61 Å². The third kappa shape index (κ3) is 3.03. The van der Waals surface area contributed by atoms with Crippen LogP contribution in [0.1, 0.15) is 5.89 Å². The molecule has 0 atom stereocenters. The molecule has 0 saturated heterocycles. The quantitative estimate of drug-likeness (QED) is 0.661. The van der Waals surface area contributed by atoms with Gasteiger partial charge in [0.25, 0.3) is 5.89 Å².